The van der Waals surface area contributed by atoms with Crippen molar-refractivity contribution in [2.75, 3.05) is 24.4 Å². The fourth-order valence-corrected chi connectivity index (χ4v) is 2.96. The average molecular weight is 514 g/mol. The smallest absolute Gasteiger partial charge is 0.418 e. The first kappa shape index (κ1) is 26.7. The molecule has 0 saturated carbocycles. The Kier molecular flexibility index (Phi) is 8.81. The molecule has 12 heteroatoms. The molecule has 3 aromatic rings. The molecule has 0 bridgehead atoms. The lowest BCUT2D eigenvalue weighted by Gasteiger charge is -2.14. The molecule has 0 fully saturated rings. The molecule has 3 aromatic carbocycles. The summed E-state index contributed by atoms with van der Waals surface area (Å²) in [6, 6.07) is 17.2. The molecule has 192 valence electrons. The SMILES string of the molecule is COc1ccc(NC(=O)C(=O)N/N=C\c2ccccc2OCC(=O)Nc2ccccc2C(F)(F)F)cc1. The third-order valence-electron chi connectivity index (χ3n) is 4.71. The third kappa shape index (κ3) is 7.82. The molecule has 3 rings (SSSR count). The number of carbonyl (C=O) groups excluding carboxylic acids is 3. The van der Waals surface area contributed by atoms with E-state index in [9.17, 15) is 27.6 Å². The maximum Gasteiger partial charge on any atom is 0.418 e. The number of carbonyl (C=O) groups is 3. The number of nitrogens with one attached hydrogen (secondary N) is 3. The number of hydrazone groups is 1. The van der Waals surface area contributed by atoms with Crippen molar-refractivity contribution in [3.05, 3.63) is 83.9 Å². The number of amides is 3. The number of nitrogens with zero attached hydrogens (tertiary/aromatic N) is 1. The summed E-state index contributed by atoms with van der Waals surface area (Å²) < 4.78 is 49.8. The molecule has 37 heavy (non-hydrogen) atoms. The van der Waals surface area contributed by atoms with Gasteiger partial charge in [0.25, 0.3) is 5.91 Å². The maximum absolute atomic E-state index is 13.1. The predicted molar refractivity (Wildman–Crippen MR) is 129 cm³/mol. The molecular weight excluding hydrogens is 493 g/mol. The minimum Gasteiger partial charge on any atom is -0.497 e. The summed E-state index contributed by atoms with van der Waals surface area (Å²) in [4.78, 5) is 36.2. The lowest BCUT2D eigenvalue weighted by atomic mass is 10.1. The Morgan fingerprint density at radius 1 is 0.892 bits per heavy atom. The van der Waals surface area contributed by atoms with Crippen LogP contribution >= 0.6 is 0 Å². The van der Waals surface area contributed by atoms with Gasteiger partial charge in [0.05, 0.1) is 24.6 Å². The second kappa shape index (κ2) is 12.2. The number of hydrogen-bond acceptors (Lipinski definition) is 6. The van der Waals surface area contributed by atoms with Gasteiger partial charge >= 0.3 is 18.0 Å². The summed E-state index contributed by atoms with van der Waals surface area (Å²) >= 11 is 0. The molecule has 0 atom stereocenters. The van der Waals surface area contributed by atoms with Gasteiger partial charge in [0.1, 0.15) is 11.5 Å². The van der Waals surface area contributed by atoms with Crippen LogP contribution in [0.15, 0.2) is 77.9 Å². The first-order valence-corrected chi connectivity index (χ1v) is 10.6. The summed E-state index contributed by atoms with van der Waals surface area (Å²) in [5.74, 6) is -2.05. The van der Waals surface area contributed by atoms with Crippen molar-refractivity contribution in [2.45, 2.75) is 6.18 Å². The molecule has 0 saturated heterocycles. The third-order valence-corrected chi connectivity index (χ3v) is 4.71. The van der Waals surface area contributed by atoms with Crippen LogP contribution in [0.1, 0.15) is 11.1 Å². The molecule has 0 aliphatic carbocycles. The number of para-hydroxylation sites is 2. The van der Waals surface area contributed by atoms with Crippen LogP contribution in [-0.2, 0) is 20.6 Å². The Morgan fingerprint density at radius 2 is 1.57 bits per heavy atom. The lowest BCUT2D eigenvalue weighted by molar-refractivity contribution is -0.137. The highest BCUT2D eigenvalue weighted by atomic mass is 19.4. The van der Waals surface area contributed by atoms with Crippen LogP contribution in [0.3, 0.4) is 0 Å². The summed E-state index contributed by atoms with van der Waals surface area (Å²) in [6.07, 6.45) is -3.45. The van der Waals surface area contributed by atoms with Crippen LogP contribution in [0.4, 0.5) is 24.5 Å². The zero-order valence-corrected chi connectivity index (χ0v) is 19.3. The second-order valence-electron chi connectivity index (χ2n) is 7.30. The Morgan fingerprint density at radius 3 is 2.27 bits per heavy atom. The van der Waals surface area contributed by atoms with Crippen molar-refractivity contribution in [2.24, 2.45) is 5.10 Å². The van der Waals surface area contributed by atoms with E-state index >= 15 is 0 Å². The predicted octanol–water partition coefficient (Wildman–Crippen LogP) is 3.82. The number of alkyl halides is 3. The van der Waals surface area contributed by atoms with Gasteiger partial charge in [-0.1, -0.05) is 24.3 Å². The monoisotopic (exact) mass is 514 g/mol. The van der Waals surface area contributed by atoms with Crippen molar-refractivity contribution < 1.29 is 37.0 Å². The van der Waals surface area contributed by atoms with Crippen molar-refractivity contribution >= 4 is 35.3 Å². The number of rotatable bonds is 8. The Balaban J connectivity index is 1.55. The Hall–Kier alpha value is -4.87. The standard InChI is InChI=1S/C25H21F3N4O5/c1-36-18-12-10-17(11-13-18)30-23(34)24(35)32-29-14-16-6-2-5-9-21(16)37-15-22(33)31-20-8-4-3-7-19(20)25(26,27)28/h2-14H,15H2,1H3,(H,30,34)(H,31,33)(H,32,35)/b29-14-. The van der Waals surface area contributed by atoms with Crippen molar-refractivity contribution in [1.29, 1.82) is 0 Å². The highest BCUT2D eigenvalue weighted by Crippen LogP contribution is 2.34. The van der Waals surface area contributed by atoms with E-state index in [2.05, 4.69) is 21.2 Å². The van der Waals surface area contributed by atoms with Gasteiger partial charge in [-0.05, 0) is 48.5 Å². The largest absolute Gasteiger partial charge is 0.497 e. The summed E-state index contributed by atoms with van der Waals surface area (Å²) in [5.41, 5.74) is 1.40. The topological polar surface area (TPSA) is 118 Å². The number of halogens is 3. The van der Waals surface area contributed by atoms with E-state index in [-0.39, 0.29) is 5.75 Å². The van der Waals surface area contributed by atoms with E-state index in [1.54, 1.807) is 42.5 Å². The molecule has 0 radical (unpaired) electrons. The van der Waals surface area contributed by atoms with Crippen LogP contribution in [0.25, 0.3) is 0 Å². The van der Waals surface area contributed by atoms with Gasteiger partial charge in [0.2, 0.25) is 0 Å². The minimum atomic E-state index is -4.64. The minimum absolute atomic E-state index is 0.169. The van der Waals surface area contributed by atoms with E-state index in [0.29, 0.717) is 17.0 Å². The van der Waals surface area contributed by atoms with E-state index in [1.165, 1.54) is 31.5 Å². The van der Waals surface area contributed by atoms with Crippen LogP contribution in [0.2, 0.25) is 0 Å². The lowest BCUT2D eigenvalue weighted by Crippen LogP contribution is -2.32. The highest BCUT2D eigenvalue weighted by molar-refractivity contribution is 6.39. The molecule has 3 N–H and O–H groups in total. The van der Waals surface area contributed by atoms with Crippen molar-refractivity contribution in [1.82, 2.24) is 5.43 Å². The number of hydrogen-bond donors (Lipinski definition) is 3. The quantitative estimate of drug-likeness (QED) is 0.240. The first-order valence-electron chi connectivity index (χ1n) is 10.6. The van der Waals surface area contributed by atoms with Gasteiger partial charge in [-0.25, -0.2) is 5.43 Å². The molecular formula is C25H21F3N4O5. The molecule has 3 amide bonds. The van der Waals surface area contributed by atoms with Crippen LogP contribution in [0, 0.1) is 0 Å². The first-order chi connectivity index (χ1) is 17.7. The van der Waals surface area contributed by atoms with Crippen LogP contribution in [0.5, 0.6) is 11.5 Å². The normalized spacial score (nSPS) is 11.0. The van der Waals surface area contributed by atoms with Gasteiger partial charge in [-0.2, -0.15) is 18.3 Å². The van der Waals surface area contributed by atoms with Crippen molar-refractivity contribution in [3.8, 4) is 11.5 Å². The molecule has 0 heterocycles. The Labute approximate surface area is 209 Å². The summed E-state index contributed by atoms with van der Waals surface area (Å²) in [6.45, 7) is -0.590. The van der Waals surface area contributed by atoms with E-state index in [0.717, 1.165) is 12.1 Å². The fourth-order valence-electron chi connectivity index (χ4n) is 2.96. The summed E-state index contributed by atoms with van der Waals surface area (Å²) in [5, 5.41) is 8.29. The number of benzene rings is 3. The molecule has 0 aromatic heterocycles. The number of methoxy groups -OCH3 is 1. The molecule has 0 aliphatic heterocycles. The average Bonchev–Trinajstić information content (AvgIpc) is 2.88. The number of anilines is 2. The second-order valence-corrected chi connectivity index (χ2v) is 7.30. The zero-order valence-electron chi connectivity index (χ0n) is 19.3. The molecule has 0 spiro atoms. The van der Waals surface area contributed by atoms with E-state index in [4.69, 9.17) is 9.47 Å². The van der Waals surface area contributed by atoms with Gasteiger partial charge < -0.3 is 20.1 Å². The van der Waals surface area contributed by atoms with E-state index in [1.807, 2.05) is 0 Å². The molecule has 9 nitrogen and oxygen atoms in total. The van der Waals surface area contributed by atoms with Gasteiger partial charge in [0, 0.05) is 11.3 Å². The van der Waals surface area contributed by atoms with Gasteiger partial charge in [-0.15, -0.1) is 0 Å². The Bertz CT molecular complexity index is 1290. The number of ether oxygens (including phenoxy) is 2. The van der Waals surface area contributed by atoms with Crippen molar-refractivity contribution in [3.63, 3.8) is 0 Å². The van der Waals surface area contributed by atoms with Crippen LogP contribution < -0.4 is 25.5 Å². The fraction of sp³-hybridized carbons (Fsp3) is 0.120. The molecule has 0 unspecified atom stereocenters. The maximum atomic E-state index is 13.1. The highest BCUT2D eigenvalue weighted by Gasteiger charge is 2.33. The zero-order chi connectivity index (χ0) is 26.8. The van der Waals surface area contributed by atoms with Crippen LogP contribution in [-0.4, -0.2) is 37.7 Å². The van der Waals surface area contributed by atoms with Gasteiger partial charge in [-0.3, -0.25) is 14.4 Å². The summed E-state index contributed by atoms with van der Waals surface area (Å²) in [7, 11) is 1.49. The van der Waals surface area contributed by atoms with Gasteiger partial charge in [0.15, 0.2) is 6.61 Å². The van der Waals surface area contributed by atoms with E-state index < -0.39 is 41.8 Å². The molecule has 0 aliphatic rings.